The average molecular weight is 482 g/mol. The number of hydrogen-bond donors (Lipinski definition) is 2. The Labute approximate surface area is 182 Å². The summed E-state index contributed by atoms with van der Waals surface area (Å²) in [6, 6.07) is 8.52. The number of piperidine rings is 1. The molecule has 1 aromatic heterocycles. The largest absolute Gasteiger partial charge is 0.480 e. The first-order chi connectivity index (χ1) is 14.0. The molecule has 3 N–H and O–H groups in total. The molecule has 2 heterocycles. The van der Waals surface area contributed by atoms with Crippen LogP contribution in [0.3, 0.4) is 0 Å². The van der Waals surface area contributed by atoms with Crippen molar-refractivity contribution in [2.75, 3.05) is 38.6 Å². The number of halogens is 1. The molecule has 0 radical (unpaired) electrons. The molecule has 0 aliphatic carbocycles. The van der Waals surface area contributed by atoms with Crippen LogP contribution in [0, 0.1) is 0 Å². The number of hydrogen-bond acceptors (Lipinski definition) is 8. The van der Waals surface area contributed by atoms with E-state index in [0.29, 0.717) is 27.8 Å². The van der Waals surface area contributed by atoms with E-state index in [1.807, 2.05) is 18.2 Å². The zero-order valence-corrected chi connectivity index (χ0v) is 18.6. The van der Waals surface area contributed by atoms with Gasteiger partial charge in [0.1, 0.15) is 6.61 Å². The Hall–Kier alpha value is -1.94. The number of thiophene rings is 1. The Morgan fingerprint density at radius 2 is 2.17 bits per heavy atom. The summed E-state index contributed by atoms with van der Waals surface area (Å²) in [7, 11) is 2.14. The summed E-state index contributed by atoms with van der Waals surface area (Å²) in [6.07, 6.45) is 2.21. The SMILES string of the molecule is CN1CCC(Nc2cccc(-c3sc(OC=O)c(OCC(=O)CN)c3Br)c2)CC1. The van der Waals surface area contributed by atoms with Gasteiger partial charge in [-0.05, 0) is 66.6 Å². The van der Waals surface area contributed by atoms with Gasteiger partial charge in [0, 0.05) is 11.7 Å². The number of nitrogens with two attached hydrogens (primary N) is 1. The van der Waals surface area contributed by atoms with Crippen molar-refractivity contribution in [3.05, 3.63) is 28.7 Å². The number of likely N-dealkylation sites (tertiary alicyclic amines) is 1. The smallest absolute Gasteiger partial charge is 0.299 e. The van der Waals surface area contributed by atoms with Gasteiger partial charge in [-0.25, -0.2) is 0 Å². The van der Waals surface area contributed by atoms with E-state index in [1.54, 1.807) is 0 Å². The van der Waals surface area contributed by atoms with Gasteiger partial charge in [0.15, 0.2) is 11.5 Å². The third-order valence-electron chi connectivity index (χ3n) is 4.75. The third-order valence-corrected chi connectivity index (χ3v) is 6.88. The zero-order valence-electron chi connectivity index (χ0n) is 16.2. The van der Waals surface area contributed by atoms with Crippen molar-refractivity contribution >= 4 is 45.2 Å². The van der Waals surface area contributed by atoms with Gasteiger partial charge >= 0.3 is 0 Å². The highest BCUT2D eigenvalue weighted by atomic mass is 79.9. The number of Topliss-reactive ketones (excluding diaryl/α,β-unsaturated/α-hetero) is 1. The minimum absolute atomic E-state index is 0.108. The highest BCUT2D eigenvalue weighted by Gasteiger charge is 2.22. The van der Waals surface area contributed by atoms with Crippen LogP contribution in [0.25, 0.3) is 10.4 Å². The van der Waals surface area contributed by atoms with Gasteiger partial charge in [0.2, 0.25) is 5.06 Å². The van der Waals surface area contributed by atoms with Crippen LogP contribution in [0.2, 0.25) is 0 Å². The minimum atomic E-state index is -0.244. The van der Waals surface area contributed by atoms with Gasteiger partial charge in [-0.3, -0.25) is 9.59 Å². The second-order valence-electron chi connectivity index (χ2n) is 6.91. The second kappa shape index (κ2) is 10.2. The van der Waals surface area contributed by atoms with Crippen molar-refractivity contribution in [2.45, 2.75) is 18.9 Å². The third kappa shape index (κ3) is 5.57. The fourth-order valence-electron chi connectivity index (χ4n) is 3.16. The van der Waals surface area contributed by atoms with Crippen molar-refractivity contribution in [1.82, 2.24) is 4.90 Å². The number of ketones is 1. The molecule has 0 saturated carbocycles. The molecule has 9 heteroatoms. The van der Waals surface area contributed by atoms with Crippen molar-refractivity contribution < 1.29 is 19.1 Å². The molecule has 0 amide bonds. The number of anilines is 1. The van der Waals surface area contributed by atoms with Gasteiger partial charge in [-0.15, -0.1) is 0 Å². The number of carbonyl (C=O) groups is 2. The molecule has 0 spiro atoms. The maximum absolute atomic E-state index is 11.5. The summed E-state index contributed by atoms with van der Waals surface area (Å²) in [6.45, 7) is 2.23. The Morgan fingerprint density at radius 1 is 1.41 bits per heavy atom. The predicted octanol–water partition coefficient (Wildman–Crippen LogP) is 3.13. The summed E-state index contributed by atoms with van der Waals surface area (Å²) in [5, 5.41) is 3.90. The van der Waals surface area contributed by atoms with Gasteiger partial charge in [-0.1, -0.05) is 23.5 Å². The molecule has 0 atom stereocenters. The molecular weight excluding hydrogens is 458 g/mol. The summed E-state index contributed by atoms with van der Waals surface area (Å²) in [5.74, 6) is 0.0820. The van der Waals surface area contributed by atoms with E-state index in [4.69, 9.17) is 15.2 Å². The Kier molecular flexibility index (Phi) is 7.65. The summed E-state index contributed by atoms with van der Waals surface area (Å²) in [4.78, 5) is 25.6. The van der Waals surface area contributed by atoms with Crippen LogP contribution in [-0.4, -0.2) is 56.5 Å². The van der Waals surface area contributed by atoms with Gasteiger partial charge < -0.3 is 25.4 Å². The number of nitrogens with zero attached hydrogens (tertiary/aromatic N) is 1. The molecule has 7 nitrogen and oxygen atoms in total. The van der Waals surface area contributed by atoms with Gasteiger partial charge in [0.25, 0.3) is 6.47 Å². The summed E-state index contributed by atoms with van der Waals surface area (Å²) in [5.41, 5.74) is 7.32. The van der Waals surface area contributed by atoms with Crippen LogP contribution in [0.1, 0.15) is 12.8 Å². The molecule has 2 aromatic rings. The Morgan fingerprint density at radius 3 is 2.86 bits per heavy atom. The van der Waals surface area contributed by atoms with Crippen LogP contribution in [-0.2, 0) is 9.59 Å². The molecule has 29 heavy (non-hydrogen) atoms. The van der Waals surface area contributed by atoms with E-state index >= 15 is 0 Å². The summed E-state index contributed by atoms with van der Waals surface area (Å²) >= 11 is 4.81. The van der Waals surface area contributed by atoms with Crippen LogP contribution in [0.15, 0.2) is 28.7 Å². The first-order valence-corrected chi connectivity index (χ1v) is 11.0. The number of nitrogens with one attached hydrogen (secondary N) is 1. The summed E-state index contributed by atoms with van der Waals surface area (Å²) < 4.78 is 11.3. The maximum Gasteiger partial charge on any atom is 0.299 e. The Bertz CT molecular complexity index is 865. The predicted molar refractivity (Wildman–Crippen MR) is 118 cm³/mol. The minimum Gasteiger partial charge on any atom is -0.480 e. The fourth-order valence-corrected chi connectivity index (χ4v) is 5.01. The molecule has 1 aromatic carbocycles. The van der Waals surface area contributed by atoms with Crippen LogP contribution < -0.4 is 20.5 Å². The molecule has 1 aliphatic rings. The molecule has 1 fully saturated rings. The van der Waals surface area contributed by atoms with Crippen molar-refractivity contribution in [3.63, 3.8) is 0 Å². The van der Waals surface area contributed by atoms with Crippen LogP contribution in [0.5, 0.6) is 10.8 Å². The number of benzene rings is 1. The van der Waals surface area contributed by atoms with Crippen molar-refractivity contribution in [3.8, 4) is 21.3 Å². The topological polar surface area (TPSA) is 93.9 Å². The van der Waals surface area contributed by atoms with E-state index in [-0.39, 0.29) is 18.9 Å². The van der Waals surface area contributed by atoms with Gasteiger partial charge in [0.05, 0.1) is 15.9 Å². The lowest BCUT2D eigenvalue weighted by molar-refractivity contribution is -0.120. The van der Waals surface area contributed by atoms with Crippen molar-refractivity contribution in [1.29, 1.82) is 0 Å². The van der Waals surface area contributed by atoms with E-state index in [1.165, 1.54) is 11.3 Å². The molecule has 1 aliphatic heterocycles. The molecule has 156 valence electrons. The first-order valence-electron chi connectivity index (χ1n) is 9.34. The highest BCUT2D eigenvalue weighted by molar-refractivity contribution is 9.10. The second-order valence-corrected chi connectivity index (χ2v) is 8.69. The molecule has 0 unspecified atom stereocenters. The lowest BCUT2D eigenvalue weighted by Crippen LogP contribution is -2.36. The average Bonchev–Trinajstić information content (AvgIpc) is 3.03. The van der Waals surface area contributed by atoms with E-state index < -0.39 is 0 Å². The first kappa shape index (κ1) is 21.8. The highest BCUT2D eigenvalue weighted by Crippen LogP contribution is 2.50. The quantitative estimate of drug-likeness (QED) is 0.531. The monoisotopic (exact) mass is 481 g/mol. The van der Waals surface area contributed by atoms with E-state index in [0.717, 1.165) is 42.1 Å². The van der Waals surface area contributed by atoms with Crippen LogP contribution >= 0.6 is 27.3 Å². The number of rotatable bonds is 9. The van der Waals surface area contributed by atoms with Crippen molar-refractivity contribution in [2.24, 2.45) is 5.73 Å². The molecule has 0 bridgehead atoms. The number of carbonyl (C=O) groups excluding carboxylic acids is 2. The zero-order chi connectivity index (χ0) is 20.8. The van der Waals surface area contributed by atoms with Gasteiger partial charge in [-0.2, -0.15) is 0 Å². The molecule has 1 saturated heterocycles. The standard InChI is InChI=1S/C20H24BrN3O4S/c1-24-7-5-14(6-8-24)23-15-4-2-3-13(9-15)19-17(21)18(20(29-19)28-12-25)27-11-16(26)10-22/h2-4,9,12,14,23H,5-8,10-11,22H2,1H3. The normalized spacial score (nSPS) is 15.1. The lowest BCUT2D eigenvalue weighted by Gasteiger charge is -2.30. The van der Waals surface area contributed by atoms with E-state index in [2.05, 4.69) is 39.3 Å². The number of ether oxygens (including phenoxy) is 2. The lowest BCUT2D eigenvalue weighted by atomic mass is 10.0. The van der Waals surface area contributed by atoms with E-state index in [9.17, 15) is 9.59 Å². The Balaban J connectivity index is 1.82. The molecule has 3 rings (SSSR count). The fraction of sp³-hybridized carbons (Fsp3) is 0.400. The van der Waals surface area contributed by atoms with Crippen LogP contribution in [0.4, 0.5) is 5.69 Å². The molecular formula is C20H24BrN3O4S. The maximum atomic E-state index is 11.5.